The van der Waals surface area contributed by atoms with E-state index in [0.29, 0.717) is 6.61 Å². The Bertz CT molecular complexity index is 593. The van der Waals surface area contributed by atoms with Crippen LogP contribution in [0.2, 0.25) is 0 Å². The number of benzene rings is 2. The van der Waals surface area contributed by atoms with Crippen molar-refractivity contribution < 1.29 is 9.63 Å². The Balaban J connectivity index is 2.05. The van der Waals surface area contributed by atoms with Gasteiger partial charge in [0, 0.05) is 12.6 Å². The fourth-order valence-corrected chi connectivity index (χ4v) is 2.13. The second kappa shape index (κ2) is 4.27. The van der Waals surface area contributed by atoms with Crippen molar-refractivity contribution in [2.45, 2.75) is 6.61 Å². The standard InChI is InChI=1S/C15H13NO2/c1-16-15(17)14-8-7-12(9-13(14)10-18-16)11-5-3-2-4-6-11/h2-9H,10H2,1H3. The molecule has 3 nitrogen and oxygen atoms in total. The van der Waals surface area contributed by atoms with Crippen molar-refractivity contribution in [1.29, 1.82) is 0 Å². The molecule has 3 rings (SSSR count). The van der Waals surface area contributed by atoms with Crippen LogP contribution in [0, 0.1) is 0 Å². The van der Waals surface area contributed by atoms with Crippen molar-refractivity contribution in [1.82, 2.24) is 5.06 Å². The molecular weight excluding hydrogens is 226 g/mol. The van der Waals surface area contributed by atoms with Crippen LogP contribution >= 0.6 is 0 Å². The van der Waals surface area contributed by atoms with Gasteiger partial charge in [0.25, 0.3) is 5.91 Å². The summed E-state index contributed by atoms with van der Waals surface area (Å²) in [5, 5.41) is 1.28. The van der Waals surface area contributed by atoms with Gasteiger partial charge in [-0.1, -0.05) is 36.4 Å². The van der Waals surface area contributed by atoms with E-state index in [9.17, 15) is 4.79 Å². The third kappa shape index (κ3) is 1.79. The van der Waals surface area contributed by atoms with E-state index < -0.39 is 0 Å². The topological polar surface area (TPSA) is 29.5 Å². The molecule has 0 spiro atoms. The minimum atomic E-state index is -0.0872. The molecule has 0 saturated carbocycles. The molecule has 1 amide bonds. The zero-order valence-electron chi connectivity index (χ0n) is 10.1. The van der Waals surface area contributed by atoms with E-state index in [1.807, 2.05) is 36.4 Å². The maximum atomic E-state index is 11.9. The van der Waals surface area contributed by atoms with E-state index in [4.69, 9.17) is 4.84 Å². The summed E-state index contributed by atoms with van der Waals surface area (Å²) in [5.41, 5.74) is 3.92. The van der Waals surface area contributed by atoms with Crippen molar-refractivity contribution in [3.8, 4) is 11.1 Å². The van der Waals surface area contributed by atoms with Crippen molar-refractivity contribution in [3.63, 3.8) is 0 Å². The van der Waals surface area contributed by atoms with Gasteiger partial charge in [0.2, 0.25) is 0 Å². The summed E-state index contributed by atoms with van der Waals surface area (Å²) in [4.78, 5) is 17.2. The number of carbonyl (C=O) groups is 1. The SMILES string of the molecule is CN1OCc2cc(-c3ccccc3)ccc2C1=O. The average molecular weight is 239 g/mol. The Kier molecular flexibility index (Phi) is 2.61. The first-order valence-electron chi connectivity index (χ1n) is 5.85. The summed E-state index contributed by atoms with van der Waals surface area (Å²) >= 11 is 0. The monoisotopic (exact) mass is 239 g/mol. The molecule has 1 aliphatic heterocycles. The minimum absolute atomic E-state index is 0.0872. The predicted molar refractivity (Wildman–Crippen MR) is 68.8 cm³/mol. The third-order valence-corrected chi connectivity index (χ3v) is 3.14. The van der Waals surface area contributed by atoms with Gasteiger partial charge in [-0.3, -0.25) is 9.63 Å². The molecule has 0 aliphatic carbocycles. The Hall–Kier alpha value is -2.13. The van der Waals surface area contributed by atoms with Gasteiger partial charge in [-0.25, -0.2) is 5.06 Å². The highest BCUT2D eigenvalue weighted by molar-refractivity contribution is 5.96. The highest BCUT2D eigenvalue weighted by Gasteiger charge is 2.22. The molecule has 0 N–H and O–H groups in total. The van der Waals surface area contributed by atoms with Crippen molar-refractivity contribution in [2.24, 2.45) is 0 Å². The number of carbonyl (C=O) groups excluding carboxylic acids is 1. The molecule has 0 aromatic heterocycles. The van der Waals surface area contributed by atoms with E-state index >= 15 is 0 Å². The van der Waals surface area contributed by atoms with Crippen molar-refractivity contribution in [3.05, 3.63) is 59.7 Å². The average Bonchev–Trinajstić information content (AvgIpc) is 2.44. The van der Waals surface area contributed by atoms with E-state index in [-0.39, 0.29) is 5.91 Å². The van der Waals surface area contributed by atoms with Crippen molar-refractivity contribution >= 4 is 5.91 Å². The molecule has 0 fully saturated rings. The molecule has 1 heterocycles. The fourth-order valence-electron chi connectivity index (χ4n) is 2.13. The first-order chi connectivity index (χ1) is 8.75. The van der Waals surface area contributed by atoms with E-state index in [1.165, 1.54) is 5.06 Å². The maximum Gasteiger partial charge on any atom is 0.277 e. The van der Waals surface area contributed by atoms with Gasteiger partial charge >= 0.3 is 0 Å². The molecule has 0 atom stereocenters. The van der Waals surface area contributed by atoms with Crippen molar-refractivity contribution in [2.75, 3.05) is 7.05 Å². The van der Waals surface area contributed by atoms with Gasteiger partial charge < -0.3 is 0 Å². The van der Waals surface area contributed by atoms with Crippen LogP contribution in [-0.2, 0) is 11.4 Å². The molecule has 0 radical (unpaired) electrons. The summed E-state index contributed by atoms with van der Waals surface area (Å²) in [5.74, 6) is -0.0872. The lowest BCUT2D eigenvalue weighted by atomic mass is 9.98. The van der Waals surface area contributed by atoms with Gasteiger partial charge in [-0.05, 0) is 28.8 Å². The predicted octanol–water partition coefficient (Wildman–Crippen LogP) is 2.87. The molecule has 0 saturated heterocycles. The number of hydrogen-bond donors (Lipinski definition) is 0. The lowest BCUT2D eigenvalue weighted by Gasteiger charge is -2.24. The summed E-state index contributed by atoms with van der Waals surface area (Å²) in [6.07, 6.45) is 0. The zero-order valence-corrected chi connectivity index (χ0v) is 10.1. The lowest BCUT2D eigenvalue weighted by Crippen LogP contribution is -2.32. The van der Waals surface area contributed by atoms with E-state index in [2.05, 4.69) is 12.1 Å². The fraction of sp³-hybridized carbons (Fsp3) is 0.133. The van der Waals surface area contributed by atoms with Crippen LogP contribution < -0.4 is 0 Å². The molecule has 0 bridgehead atoms. The second-order valence-electron chi connectivity index (χ2n) is 4.31. The molecule has 2 aromatic rings. The maximum absolute atomic E-state index is 11.9. The van der Waals surface area contributed by atoms with E-state index in [0.717, 1.165) is 22.3 Å². The molecule has 3 heteroatoms. The quantitative estimate of drug-likeness (QED) is 0.765. The highest BCUT2D eigenvalue weighted by atomic mass is 16.7. The molecule has 2 aromatic carbocycles. The summed E-state index contributed by atoms with van der Waals surface area (Å²) in [6, 6.07) is 16.0. The Morgan fingerprint density at radius 2 is 1.83 bits per heavy atom. The third-order valence-electron chi connectivity index (χ3n) is 3.14. The number of hydrogen-bond acceptors (Lipinski definition) is 2. The number of amides is 1. The Morgan fingerprint density at radius 3 is 2.61 bits per heavy atom. The molecule has 0 unspecified atom stereocenters. The van der Waals surface area contributed by atoms with Gasteiger partial charge in [-0.15, -0.1) is 0 Å². The van der Waals surface area contributed by atoms with Gasteiger partial charge in [0.1, 0.15) is 6.61 Å². The van der Waals surface area contributed by atoms with Crippen LogP contribution in [0.15, 0.2) is 48.5 Å². The zero-order chi connectivity index (χ0) is 12.5. The molecule has 1 aliphatic rings. The Labute approximate surface area is 106 Å². The van der Waals surface area contributed by atoms with Crippen LogP contribution in [0.5, 0.6) is 0 Å². The number of fused-ring (bicyclic) bond motifs is 1. The summed E-state index contributed by atoms with van der Waals surface area (Å²) in [7, 11) is 1.64. The first kappa shape index (κ1) is 11.0. The van der Waals surface area contributed by atoms with Gasteiger partial charge in [0.05, 0.1) is 0 Å². The van der Waals surface area contributed by atoms with Crippen LogP contribution in [0.25, 0.3) is 11.1 Å². The number of nitrogens with zero attached hydrogens (tertiary/aromatic N) is 1. The molecule has 90 valence electrons. The van der Waals surface area contributed by atoms with E-state index in [1.54, 1.807) is 7.05 Å². The normalized spacial score (nSPS) is 14.5. The second-order valence-corrected chi connectivity index (χ2v) is 4.31. The highest BCUT2D eigenvalue weighted by Crippen LogP contribution is 2.26. The van der Waals surface area contributed by atoms with Crippen LogP contribution in [0.1, 0.15) is 15.9 Å². The van der Waals surface area contributed by atoms with Crippen LogP contribution in [-0.4, -0.2) is 18.0 Å². The number of rotatable bonds is 1. The smallest absolute Gasteiger partial charge is 0.267 e. The Morgan fingerprint density at radius 1 is 1.06 bits per heavy atom. The summed E-state index contributed by atoms with van der Waals surface area (Å²) in [6.45, 7) is 0.443. The first-order valence-corrected chi connectivity index (χ1v) is 5.85. The van der Waals surface area contributed by atoms with Crippen LogP contribution in [0.4, 0.5) is 0 Å². The summed E-state index contributed by atoms with van der Waals surface area (Å²) < 4.78 is 0. The molecule has 18 heavy (non-hydrogen) atoms. The lowest BCUT2D eigenvalue weighted by molar-refractivity contribution is -0.123. The molecular formula is C15H13NO2. The largest absolute Gasteiger partial charge is 0.277 e. The van der Waals surface area contributed by atoms with Gasteiger partial charge in [0.15, 0.2) is 0 Å². The minimum Gasteiger partial charge on any atom is -0.267 e. The van der Waals surface area contributed by atoms with Crippen LogP contribution in [0.3, 0.4) is 0 Å². The van der Waals surface area contributed by atoms with Gasteiger partial charge in [-0.2, -0.15) is 0 Å². The number of hydroxylamine groups is 2.